The number of carbonyl (C=O) groups is 2. The molecule has 0 bridgehead atoms. The van der Waals surface area contributed by atoms with E-state index in [0.29, 0.717) is 5.56 Å². The Labute approximate surface area is 189 Å². The van der Waals surface area contributed by atoms with Gasteiger partial charge < -0.3 is 11.5 Å². The van der Waals surface area contributed by atoms with Crippen LogP contribution in [0.15, 0.2) is 27.8 Å². The third kappa shape index (κ3) is 5.83. The molecule has 1 aliphatic heterocycles. The molecule has 0 radical (unpaired) electrons. The van der Waals surface area contributed by atoms with Gasteiger partial charge in [-0.3, -0.25) is 28.4 Å². The number of amides is 1. The number of rotatable bonds is 6. The molecular formula is C21H27ClFN5O4. The SMILES string of the molecule is CCn1c(=O)c(C(=O)CN2CCCCC2)c(N)n(Cc2ccc(F)c(Cl)c2)c1=O.NC=O. The van der Waals surface area contributed by atoms with Gasteiger partial charge in [-0.05, 0) is 50.6 Å². The molecule has 174 valence electrons. The number of nitrogens with two attached hydrogens (primary N) is 2. The van der Waals surface area contributed by atoms with Gasteiger partial charge in [0.05, 0.1) is 18.1 Å². The number of primary amides is 1. The van der Waals surface area contributed by atoms with Crippen LogP contribution in [0.3, 0.4) is 0 Å². The molecule has 1 aromatic heterocycles. The van der Waals surface area contributed by atoms with E-state index in [4.69, 9.17) is 22.1 Å². The molecule has 2 heterocycles. The maximum absolute atomic E-state index is 13.4. The number of hydrogen-bond acceptors (Lipinski definition) is 6. The summed E-state index contributed by atoms with van der Waals surface area (Å²) in [6, 6.07) is 4.06. The molecule has 0 aliphatic carbocycles. The van der Waals surface area contributed by atoms with Gasteiger partial charge in [-0.25, -0.2) is 9.18 Å². The Bertz CT molecular complexity index is 1090. The minimum Gasteiger partial charge on any atom is -0.384 e. The molecule has 3 rings (SSSR count). The zero-order valence-electron chi connectivity index (χ0n) is 17.9. The summed E-state index contributed by atoms with van der Waals surface area (Å²) in [6.45, 7) is 3.39. The first-order chi connectivity index (χ1) is 15.2. The predicted molar refractivity (Wildman–Crippen MR) is 120 cm³/mol. The van der Waals surface area contributed by atoms with Gasteiger partial charge >= 0.3 is 5.69 Å². The summed E-state index contributed by atoms with van der Waals surface area (Å²) >= 11 is 5.83. The largest absolute Gasteiger partial charge is 0.384 e. The molecule has 2 aromatic rings. The Balaban J connectivity index is 0.00000114. The monoisotopic (exact) mass is 467 g/mol. The van der Waals surface area contributed by atoms with Crippen molar-refractivity contribution in [2.45, 2.75) is 39.3 Å². The van der Waals surface area contributed by atoms with Gasteiger partial charge in [0.1, 0.15) is 17.2 Å². The van der Waals surface area contributed by atoms with Crippen LogP contribution in [-0.4, -0.2) is 45.9 Å². The van der Waals surface area contributed by atoms with Crippen LogP contribution in [0, 0.1) is 5.82 Å². The quantitative estimate of drug-likeness (QED) is 0.484. The van der Waals surface area contributed by atoms with Crippen molar-refractivity contribution < 1.29 is 14.0 Å². The number of ketones is 1. The van der Waals surface area contributed by atoms with Crippen molar-refractivity contribution in [2.75, 3.05) is 25.4 Å². The molecule has 32 heavy (non-hydrogen) atoms. The highest BCUT2D eigenvalue weighted by Gasteiger charge is 2.24. The van der Waals surface area contributed by atoms with Gasteiger partial charge in [-0.15, -0.1) is 0 Å². The fourth-order valence-electron chi connectivity index (χ4n) is 3.63. The van der Waals surface area contributed by atoms with E-state index >= 15 is 0 Å². The zero-order chi connectivity index (χ0) is 23.8. The topological polar surface area (TPSA) is 133 Å². The van der Waals surface area contributed by atoms with Gasteiger partial charge in [-0.2, -0.15) is 0 Å². The van der Waals surface area contributed by atoms with Crippen molar-refractivity contribution in [3.05, 3.63) is 61.0 Å². The number of benzene rings is 1. The van der Waals surface area contributed by atoms with Crippen LogP contribution in [0.4, 0.5) is 10.2 Å². The molecule has 1 saturated heterocycles. The number of hydrogen-bond donors (Lipinski definition) is 2. The Kier molecular flexibility index (Phi) is 9.15. The molecule has 11 heteroatoms. The Morgan fingerprint density at radius 2 is 1.81 bits per heavy atom. The molecule has 4 N–H and O–H groups in total. The molecule has 9 nitrogen and oxygen atoms in total. The third-order valence-electron chi connectivity index (χ3n) is 5.20. The normalized spacial score (nSPS) is 13.8. The molecule has 1 fully saturated rings. The second kappa shape index (κ2) is 11.6. The van der Waals surface area contributed by atoms with E-state index in [1.165, 1.54) is 18.2 Å². The molecule has 1 aliphatic rings. The van der Waals surface area contributed by atoms with Crippen molar-refractivity contribution in [1.82, 2.24) is 14.0 Å². The van der Waals surface area contributed by atoms with E-state index in [9.17, 15) is 18.8 Å². The van der Waals surface area contributed by atoms with Crippen molar-refractivity contribution in [2.24, 2.45) is 5.73 Å². The van der Waals surface area contributed by atoms with Gasteiger partial charge in [0, 0.05) is 6.54 Å². The number of Topliss-reactive ketones (excluding diaryl/α,β-unsaturated/α-hetero) is 1. The number of halogens is 2. The summed E-state index contributed by atoms with van der Waals surface area (Å²) in [6.07, 6.45) is 3.39. The lowest BCUT2D eigenvalue weighted by molar-refractivity contribution is -0.106. The highest BCUT2D eigenvalue weighted by atomic mass is 35.5. The summed E-state index contributed by atoms with van der Waals surface area (Å²) in [4.78, 5) is 49.1. The van der Waals surface area contributed by atoms with E-state index in [-0.39, 0.29) is 42.4 Å². The lowest BCUT2D eigenvalue weighted by Crippen LogP contribution is -2.45. The number of likely N-dealkylation sites (tertiary alicyclic amines) is 1. The second-order valence-electron chi connectivity index (χ2n) is 7.32. The first-order valence-electron chi connectivity index (χ1n) is 10.2. The number of anilines is 1. The number of piperidine rings is 1. The Hall–Kier alpha value is -2.98. The Morgan fingerprint density at radius 1 is 1.19 bits per heavy atom. The molecule has 1 aromatic carbocycles. The van der Waals surface area contributed by atoms with Crippen LogP contribution in [-0.2, 0) is 17.9 Å². The minimum absolute atomic E-state index is 0.0328. The highest BCUT2D eigenvalue weighted by molar-refractivity contribution is 6.30. The predicted octanol–water partition coefficient (Wildman–Crippen LogP) is 1.22. The van der Waals surface area contributed by atoms with Gasteiger partial charge in [0.2, 0.25) is 6.41 Å². The lowest BCUT2D eigenvalue weighted by atomic mass is 10.1. The maximum Gasteiger partial charge on any atom is 0.332 e. The average Bonchev–Trinajstić information content (AvgIpc) is 2.75. The van der Waals surface area contributed by atoms with Gasteiger partial charge in [0.15, 0.2) is 5.78 Å². The second-order valence-corrected chi connectivity index (χ2v) is 7.73. The molecule has 0 saturated carbocycles. The van der Waals surface area contributed by atoms with E-state index < -0.39 is 22.8 Å². The zero-order valence-corrected chi connectivity index (χ0v) is 18.6. The first kappa shape index (κ1) is 25.3. The highest BCUT2D eigenvalue weighted by Crippen LogP contribution is 2.18. The fraction of sp³-hybridized carbons (Fsp3) is 0.429. The molecule has 0 spiro atoms. The van der Waals surface area contributed by atoms with Crippen LogP contribution in [0.2, 0.25) is 5.02 Å². The fourth-order valence-corrected chi connectivity index (χ4v) is 3.83. The first-order valence-corrected chi connectivity index (χ1v) is 10.6. The number of nitrogens with zero attached hydrogens (tertiary/aromatic N) is 3. The lowest BCUT2D eigenvalue weighted by Gasteiger charge is -2.26. The smallest absolute Gasteiger partial charge is 0.332 e. The molecule has 1 amide bonds. The minimum atomic E-state index is -0.676. The number of carbonyl (C=O) groups excluding carboxylic acids is 2. The molecule has 0 atom stereocenters. The van der Waals surface area contributed by atoms with Crippen LogP contribution in [0.25, 0.3) is 0 Å². The van der Waals surface area contributed by atoms with Gasteiger partial charge in [-0.1, -0.05) is 24.1 Å². The molecular weight excluding hydrogens is 441 g/mol. The van der Waals surface area contributed by atoms with Crippen molar-refractivity contribution in [1.29, 1.82) is 0 Å². The summed E-state index contributed by atoms with van der Waals surface area (Å²) in [5.41, 5.74) is 9.36. The summed E-state index contributed by atoms with van der Waals surface area (Å²) in [5.74, 6) is -1.15. The van der Waals surface area contributed by atoms with Crippen LogP contribution >= 0.6 is 11.6 Å². The van der Waals surface area contributed by atoms with Crippen molar-refractivity contribution >= 4 is 29.6 Å². The van der Waals surface area contributed by atoms with E-state index in [1.807, 2.05) is 4.90 Å². The Morgan fingerprint density at radius 3 is 2.38 bits per heavy atom. The van der Waals surface area contributed by atoms with Crippen LogP contribution in [0.5, 0.6) is 0 Å². The third-order valence-corrected chi connectivity index (χ3v) is 5.49. The van der Waals surface area contributed by atoms with Gasteiger partial charge in [0.25, 0.3) is 5.56 Å². The number of aromatic nitrogens is 2. The maximum atomic E-state index is 13.4. The van der Waals surface area contributed by atoms with E-state index in [1.54, 1.807) is 6.92 Å². The summed E-state index contributed by atoms with van der Waals surface area (Å²) in [5, 5.41) is -0.0840. The van der Waals surface area contributed by atoms with Crippen LogP contribution < -0.4 is 22.7 Å². The number of nitrogen functional groups attached to an aromatic ring is 1. The van der Waals surface area contributed by atoms with Crippen LogP contribution in [0.1, 0.15) is 42.1 Å². The summed E-state index contributed by atoms with van der Waals surface area (Å²) < 4.78 is 15.6. The average molecular weight is 468 g/mol. The molecule has 0 unspecified atom stereocenters. The standard InChI is InChI=1S/C20H24ClFN4O3.CH3NO/c1-2-25-19(28)17(16(27)12-24-8-4-3-5-9-24)18(23)26(20(25)29)11-13-6-7-15(22)14(21)10-13;2-1-3/h6-7,10H,2-5,8-9,11-12,23H2,1H3;1H,(H2,2,3). The summed E-state index contributed by atoms with van der Waals surface area (Å²) in [7, 11) is 0. The van der Waals surface area contributed by atoms with E-state index in [0.717, 1.165) is 41.5 Å². The van der Waals surface area contributed by atoms with Crippen molar-refractivity contribution in [3.8, 4) is 0 Å². The van der Waals surface area contributed by atoms with E-state index in [2.05, 4.69) is 5.73 Å². The van der Waals surface area contributed by atoms with Crippen molar-refractivity contribution in [3.63, 3.8) is 0 Å².